The topological polar surface area (TPSA) is 70.1 Å². The lowest BCUT2D eigenvalue weighted by Crippen LogP contribution is -2.30. The van der Waals surface area contributed by atoms with Crippen molar-refractivity contribution in [2.24, 2.45) is 5.73 Å². The molecule has 78 valence electrons. The molecule has 2 N–H and O–H groups in total. The van der Waals surface area contributed by atoms with Crippen LogP contribution in [0.5, 0.6) is 0 Å². The summed E-state index contributed by atoms with van der Waals surface area (Å²) in [6, 6.07) is 2.14. The number of rotatable bonds is 5. The molecule has 0 radical (unpaired) electrons. The molecule has 0 aromatic rings. The van der Waals surface area contributed by atoms with E-state index in [0.717, 1.165) is 24.1 Å². The molecule has 0 atom stereocenters. The Kier molecular flexibility index (Phi) is 5.38. The minimum absolute atomic E-state index is 0.153. The summed E-state index contributed by atoms with van der Waals surface area (Å²) in [5.41, 5.74) is 6.61. The molecular weight excluding hydrogens is 178 g/mol. The van der Waals surface area contributed by atoms with Gasteiger partial charge in [0.15, 0.2) is 0 Å². The predicted octanol–water partition coefficient (Wildman–Crippen LogP) is 1.00. The summed E-state index contributed by atoms with van der Waals surface area (Å²) >= 11 is 0. The van der Waals surface area contributed by atoms with E-state index in [-0.39, 0.29) is 12.5 Å². The number of amides is 1. The summed E-state index contributed by atoms with van der Waals surface area (Å²) < 4.78 is 0. The number of primary amides is 1. The highest BCUT2D eigenvalue weighted by Gasteiger charge is 2.07. The Bertz CT molecular complexity index is 276. The van der Waals surface area contributed by atoms with Crippen LogP contribution in [0, 0.1) is 11.3 Å². The van der Waals surface area contributed by atoms with E-state index in [1.807, 2.05) is 13.8 Å². The van der Waals surface area contributed by atoms with Gasteiger partial charge >= 0.3 is 0 Å². The number of carbonyl (C=O) groups excluding carboxylic acids is 1. The zero-order chi connectivity index (χ0) is 11.1. The lowest BCUT2D eigenvalue weighted by atomic mass is 10.1. The van der Waals surface area contributed by atoms with E-state index in [1.165, 1.54) is 0 Å². The second-order valence-corrected chi connectivity index (χ2v) is 3.25. The molecule has 0 aliphatic heterocycles. The maximum Gasteiger partial charge on any atom is 0.236 e. The van der Waals surface area contributed by atoms with Crippen LogP contribution in [0.4, 0.5) is 0 Å². The average Bonchev–Trinajstić information content (AvgIpc) is 2.12. The van der Waals surface area contributed by atoms with Crippen molar-refractivity contribution >= 4 is 5.91 Å². The molecule has 0 saturated heterocycles. The van der Waals surface area contributed by atoms with Gasteiger partial charge in [-0.15, -0.1) is 0 Å². The molecule has 0 aromatic heterocycles. The van der Waals surface area contributed by atoms with E-state index in [4.69, 9.17) is 11.0 Å². The Hall–Kier alpha value is -1.50. The van der Waals surface area contributed by atoms with Crippen molar-refractivity contribution in [3.8, 4) is 6.07 Å². The first-order chi connectivity index (χ1) is 6.52. The van der Waals surface area contributed by atoms with Crippen LogP contribution in [-0.2, 0) is 4.79 Å². The molecule has 0 unspecified atom stereocenters. The lowest BCUT2D eigenvalue weighted by Gasteiger charge is -2.19. The third-order valence-electron chi connectivity index (χ3n) is 2.04. The van der Waals surface area contributed by atoms with E-state index in [0.29, 0.717) is 0 Å². The van der Waals surface area contributed by atoms with Gasteiger partial charge in [-0.1, -0.05) is 13.3 Å². The van der Waals surface area contributed by atoms with E-state index < -0.39 is 0 Å². The molecule has 0 spiro atoms. The molecular formula is C10H17N3O. The highest BCUT2D eigenvalue weighted by Crippen LogP contribution is 2.12. The van der Waals surface area contributed by atoms with Crippen LogP contribution in [0.3, 0.4) is 0 Å². The zero-order valence-corrected chi connectivity index (χ0v) is 9.00. The number of allylic oxidation sites excluding steroid dienone is 2. The predicted molar refractivity (Wildman–Crippen MR) is 55.0 cm³/mol. The van der Waals surface area contributed by atoms with Crippen LogP contribution in [0.1, 0.15) is 26.7 Å². The molecule has 0 aliphatic carbocycles. The van der Waals surface area contributed by atoms with Gasteiger partial charge in [-0.05, 0) is 13.3 Å². The van der Waals surface area contributed by atoms with E-state index in [1.54, 1.807) is 11.9 Å². The van der Waals surface area contributed by atoms with Crippen molar-refractivity contribution in [1.82, 2.24) is 4.90 Å². The maximum absolute atomic E-state index is 10.7. The van der Waals surface area contributed by atoms with Gasteiger partial charge in [0.25, 0.3) is 0 Å². The smallest absolute Gasteiger partial charge is 0.236 e. The van der Waals surface area contributed by atoms with Crippen LogP contribution in [-0.4, -0.2) is 24.4 Å². The van der Waals surface area contributed by atoms with Crippen molar-refractivity contribution in [2.45, 2.75) is 26.7 Å². The Labute approximate surface area is 85.0 Å². The van der Waals surface area contributed by atoms with Gasteiger partial charge in [0.1, 0.15) is 0 Å². The standard InChI is InChI=1S/C10H17N3O/c1-4-5-9(6-11)8(2)13(3)7-10(12)14/h4-5,7H2,1-3H3,(H2,12,14)/b9-8+. The number of hydrogen-bond donors (Lipinski definition) is 1. The number of nitrogens with zero attached hydrogens (tertiary/aromatic N) is 2. The number of nitrogens with two attached hydrogens (primary N) is 1. The molecule has 14 heavy (non-hydrogen) atoms. The SMILES string of the molecule is CCC/C(C#N)=C(/C)N(C)CC(N)=O. The van der Waals surface area contributed by atoms with Gasteiger partial charge in [-0.25, -0.2) is 0 Å². The summed E-state index contributed by atoms with van der Waals surface area (Å²) in [6.45, 7) is 4.00. The van der Waals surface area contributed by atoms with Crippen LogP contribution >= 0.6 is 0 Å². The summed E-state index contributed by atoms with van der Waals surface area (Å²) in [7, 11) is 1.76. The third kappa shape index (κ3) is 3.94. The van der Waals surface area contributed by atoms with E-state index >= 15 is 0 Å². The van der Waals surface area contributed by atoms with Gasteiger partial charge < -0.3 is 10.6 Å². The molecule has 0 heterocycles. The number of hydrogen-bond acceptors (Lipinski definition) is 3. The number of nitriles is 1. The number of likely N-dealkylation sites (N-methyl/N-ethyl adjacent to an activating group) is 1. The molecule has 0 aromatic carbocycles. The highest BCUT2D eigenvalue weighted by molar-refractivity contribution is 5.76. The minimum Gasteiger partial charge on any atom is -0.368 e. The van der Waals surface area contributed by atoms with Crippen molar-refractivity contribution in [3.05, 3.63) is 11.3 Å². The van der Waals surface area contributed by atoms with Crippen molar-refractivity contribution in [2.75, 3.05) is 13.6 Å². The first-order valence-electron chi connectivity index (χ1n) is 4.62. The second-order valence-electron chi connectivity index (χ2n) is 3.25. The first-order valence-corrected chi connectivity index (χ1v) is 4.62. The zero-order valence-electron chi connectivity index (χ0n) is 9.00. The third-order valence-corrected chi connectivity index (χ3v) is 2.04. The Morgan fingerprint density at radius 3 is 2.50 bits per heavy atom. The fourth-order valence-electron chi connectivity index (χ4n) is 1.15. The summed E-state index contributed by atoms with van der Waals surface area (Å²) in [4.78, 5) is 12.4. The fraction of sp³-hybridized carbons (Fsp3) is 0.600. The van der Waals surface area contributed by atoms with Gasteiger partial charge in [-0.3, -0.25) is 4.79 Å². The second kappa shape index (κ2) is 6.03. The summed E-state index contributed by atoms with van der Waals surface area (Å²) in [6.07, 6.45) is 1.66. The molecule has 4 heteroatoms. The minimum atomic E-state index is -0.388. The van der Waals surface area contributed by atoms with Crippen LogP contribution in [0.15, 0.2) is 11.3 Å². The summed E-state index contributed by atoms with van der Waals surface area (Å²) in [5.74, 6) is -0.388. The molecule has 0 rings (SSSR count). The van der Waals surface area contributed by atoms with Crippen molar-refractivity contribution in [1.29, 1.82) is 5.26 Å². The molecule has 0 saturated carbocycles. The largest absolute Gasteiger partial charge is 0.368 e. The lowest BCUT2D eigenvalue weighted by molar-refractivity contribution is -0.118. The number of carbonyl (C=O) groups is 1. The van der Waals surface area contributed by atoms with Crippen LogP contribution in [0.25, 0.3) is 0 Å². The molecule has 0 bridgehead atoms. The van der Waals surface area contributed by atoms with Gasteiger partial charge in [0.2, 0.25) is 5.91 Å². The highest BCUT2D eigenvalue weighted by atomic mass is 16.1. The molecule has 0 fully saturated rings. The van der Waals surface area contributed by atoms with E-state index in [2.05, 4.69) is 6.07 Å². The van der Waals surface area contributed by atoms with Crippen LogP contribution in [0.2, 0.25) is 0 Å². The average molecular weight is 195 g/mol. The van der Waals surface area contributed by atoms with Gasteiger partial charge in [-0.2, -0.15) is 5.26 Å². The maximum atomic E-state index is 10.7. The monoisotopic (exact) mass is 195 g/mol. The normalized spacial score (nSPS) is 11.6. The van der Waals surface area contributed by atoms with Crippen molar-refractivity contribution in [3.63, 3.8) is 0 Å². The fourth-order valence-corrected chi connectivity index (χ4v) is 1.15. The molecule has 1 amide bonds. The molecule has 4 nitrogen and oxygen atoms in total. The Balaban J connectivity index is 4.60. The quantitative estimate of drug-likeness (QED) is 0.665. The van der Waals surface area contributed by atoms with Gasteiger partial charge in [0.05, 0.1) is 12.6 Å². The van der Waals surface area contributed by atoms with Crippen molar-refractivity contribution < 1.29 is 4.79 Å². The molecule has 0 aliphatic rings. The summed E-state index contributed by atoms with van der Waals surface area (Å²) in [5, 5.41) is 8.86. The van der Waals surface area contributed by atoms with Crippen LogP contribution < -0.4 is 5.73 Å². The van der Waals surface area contributed by atoms with E-state index in [9.17, 15) is 4.79 Å². The Morgan fingerprint density at radius 1 is 1.57 bits per heavy atom. The van der Waals surface area contributed by atoms with Gasteiger partial charge in [0, 0.05) is 18.3 Å². The Morgan fingerprint density at radius 2 is 2.14 bits per heavy atom. The first kappa shape index (κ1) is 12.5.